The summed E-state index contributed by atoms with van der Waals surface area (Å²) in [7, 11) is 0. The number of unbranched alkanes of at least 4 members (excludes halogenated alkanes) is 8. The Morgan fingerprint density at radius 1 is 1.00 bits per heavy atom. The summed E-state index contributed by atoms with van der Waals surface area (Å²) in [5.41, 5.74) is 5.72. The molecule has 0 fully saturated rings. The highest BCUT2D eigenvalue weighted by molar-refractivity contribution is 5.92. The number of aromatic nitrogens is 1. The maximum atomic E-state index is 11.0. The van der Waals surface area contributed by atoms with Gasteiger partial charge < -0.3 is 22.9 Å². The molecule has 0 aliphatic carbocycles. The van der Waals surface area contributed by atoms with E-state index in [1.165, 1.54) is 51.4 Å². The number of halogens is 1. The van der Waals surface area contributed by atoms with E-state index in [1.807, 2.05) is 17.0 Å². The lowest BCUT2D eigenvalue weighted by molar-refractivity contribution is -0.732. The van der Waals surface area contributed by atoms with Crippen molar-refractivity contribution in [2.75, 3.05) is 6.61 Å². The molecular weight excluding hydrogens is 312 g/mol. The highest BCUT2D eigenvalue weighted by atomic mass is 35.5. The Bertz CT molecular complexity index is 410. The van der Waals surface area contributed by atoms with Gasteiger partial charge in [0, 0.05) is 12.1 Å². The third-order valence-electron chi connectivity index (χ3n) is 3.81. The zero-order valence-corrected chi connectivity index (χ0v) is 15.1. The number of nitrogens with zero attached hydrogens (tertiary/aromatic N) is 1. The predicted molar refractivity (Wildman–Crippen MR) is 88.3 cm³/mol. The molecule has 132 valence electrons. The van der Waals surface area contributed by atoms with Crippen LogP contribution in [0.3, 0.4) is 0 Å². The summed E-state index contributed by atoms with van der Waals surface area (Å²) in [5, 5.41) is 0. The van der Waals surface area contributed by atoms with Gasteiger partial charge in [0.25, 0.3) is 6.73 Å². The van der Waals surface area contributed by atoms with E-state index >= 15 is 0 Å². The summed E-state index contributed by atoms with van der Waals surface area (Å²) in [6.45, 7) is 3.57. The molecule has 4 nitrogen and oxygen atoms in total. The van der Waals surface area contributed by atoms with Crippen molar-refractivity contribution in [3.8, 4) is 0 Å². The molecule has 1 heterocycles. The fraction of sp³-hybridized carbons (Fsp3) is 0.667. The van der Waals surface area contributed by atoms with Crippen LogP contribution in [0.1, 0.15) is 75.1 Å². The lowest BCUT2D eigenvalue weighted by Gasteiger charge is -2.03. The van der Waals surface area contributed by atoms with Crippen LogP contribution in [0.15, 0.2) is 24.5 Å². The number of hydrogen-bond donors (Lipinski definition) is 1. The molecule has 1 rings (SSSR count). The number of rotatable bonds is 13. The first-order chi connectivity index (χ1) is 10.7. The molecule has 0 aliphatic heterocycles. The minimum atomic E-state index is -0.400. The first-order valence-electron chi connectivity index (χ1n) is 8.60. The molecule has 0 spiro atoms. The second-order valence-electron chi connectivity index (χ2n) is 5.83. The zero-order valence-electron chi connectivity index (χ0n) is 14.3. The fourth-order valence-electron chi connectivity index (χ4n) is 2.39. The second-order valence-corrected chi connectivity index (χ2v) is 5.83. The summed E-state index contributed by atoms with van der Waals surface area (Å²) in [4.78, 5) is 11.0. The maximum absolute atomic E-state index is 11.0. The number of amides is 1. The Morgan fingerprint density at radius 2 is 1.52 bits per heavy atom. The van der Waals surface area contributed by atoms with Crippen molar-refractivity contribution in [2.24, 2.45) is 5.73 Å². The largest absolute Gasteiger partial charge is 1.00 e. The van der Waals surface area contributed by atoms with Crippen LogP contribution >= 0.6 is 0 Å². The van der Waals surface area contributed by atoms with Gasteiger partial charge in [0.2, 0.25) is 5.91 Å². The summed E-state index contributed by atoms with van der Waals surface area (Å²) >= 11 is 0. The average Bonchev–Trinajstić information content (AvgIpc) is 2.53. The van der Waals surface area contributed by atoms with E-state index in [2.05, 4.69) is 6.92 Å². The van der Waals surface area contributed by atoms with Crippen LogP contribution < -0.4 is 22.7 Å². The molecule has 0 aliphatic rings. The third-order valence-corrected chi connectivity index (χ3v) is 3.81. The SMILES string of the molecule is CCCCCCCCCCCOC[n+]1ccc(C(N)=O)cc1.[Cl-]. The van der Waals surface area contributed by atoms with Crippen LogP contribution in [0.2, 0.25) is 0 Å². The van der Waals surface area contributed by atoms with Crippen LogP contribution in [-0.2, 0) is 11.5 Å². The van der Waals surface area contributed by atoms with E-state index in [9.17, 15) is 4.79 Å². The number of pyridine rings is 1. The van der Waals surface area contributed by atoms with E-state index in [4.69, 9.17) is 10.5 Å². The Labute approximate surface area is 146 Å². The summed E-state index contributed by atoms with van der Waals surface area (Å²) in [6, 6.07) is 3.43. The Hall–Kier alpha value is -1.13. The van der Waals surface area contributed by atoms with Gasteiger partial charge in [-0.2, -0.15) is 4.57 Å². The van der Waals surface area contributed by atoms with Gasteiger partial charge in [-0.25, -0.2) is 0 Å². The molecule has 0 aromatic carbocycles. The zero-order chi connectivity index (χ0) is 16.0. The molecule has 0 atom stereocenters. The molecule has 0 saturated carbocycles. The van der Waals surface area contributed by atoms with Crippen molar-refractivity contribution in [2.45, 2.75) is 71.4 Å². The van der Waals surface area contributed by atoms with Crippen LogP contribution in [0, 0.1) is 0 Å². The first-order valence-corrected chi connectivity index (χ1v) is 8.60. The van der Waals surface area contributed by atoms with E-state index in [0.717, 1.165) is 13.0 Å². The number of carbonyl (C=O) groups excluding carboxylic acids is 1. The quantitative estimate of drug-likeness (QED) is 0.421. The van der Waals surface area contributed by atoms with Gasteiger partial charge in [-0.15, -0.1) is 0 Å². The highest BCUT2D eigenvalue weighted by Crippen LogP contribution is 2.09. The molecule has 0 bridgehead atoms. The van der Waals surface area contributed by atoms with E-state index < -0.39 is 5.91 Å². The van der Waals surface area contributed by atoms with Crippen LogP contribution in [-0.4, -0.2) is 12.5 Å². The molecule has 0 saturated heterocycles. The van der Waals surface area contributed by atoms with Crippen molar-refractivity contribution in [3.63, 3.8) is 0 Å². The lowest BCUT2D eigenvalue weighted by atomic mass is 10.1. The van der Waals surface area contributed by atoms with E-state index in [0.29, 0.717) is 12.3 Å². The molecule has 5 heteroatoms. The smallest absolute Gasteiger partial charge is 0.252 e. The normalized spacial score (nSPS) is 10.3. The Balaban J connectivity index is 0.00000484. The standard InChI is InChI=1S/C18H30N2O2.ClH/c1-2-3-4-5-6-7-8-9-10-15-22-16-20-13-11-17(12-14-20)18(19)21;/h11-14H,2-10,15-16H2,1H3,(H-,19,21);1H. The van der Waals surface area contributed by atoms with Crippen LogP contribution in [0.4, 0.5) is 0 Å². The topological polar surface area (TPSA) is 56.2 Å². The Kier molecular flexibility index (Phi) is 13.8. The van der Waals surface area contributed by atoms with Crippen molar-refractivity contribution in [1.29, 1.82) is 0 Å². The molecule has 1 amide bonds. The van der Waals surface area contributed by atoms with Gasteiger partial charge >= 0.3 is 0 Å². The fourth-order valence-corrected chi connectivity index (χ4v) is 2.39. The minimum Gasteiger partial charge on any atom is -1.00 e. The molecule has 1 aromatic rings. The van der Waals surface area contributed by atoms with Crippen LogP contribution in [0.5, 0.6) is 0 Å². The van der Waals surface area contributed by atoms with Crippen LogP contribution in [0.25, 0.3) is 0 Å². The number of hydrogen-bond acceptors (Lipinski definition) is 2. The number of carbonyl (C=O) groups is 1. The predicted octanol–water partition coefficient (Wildman–Crippen LogP) is 0.582. The molecule has 23 heavy (non-hydrogen) atoms. The van der Waals surface area contributed by atoms with Crippen molar-refractivity contribution < 1.29 is 26.5 Å². The van der Waals surface area contributed by atoms with Gasteiger partial charge in [-0.05, 0) is 6.42 Å². The number of ether oxygens (including phenoxy) is 1. The highest BCUT2D eigenvalue weighted by Gasteiger charge is 2.04. The van der Waals surface area contributed by atoms with Gasteiger partial charge in [0.1, 0.15) is 0 Å². The van der Waals surface area contributed by atoms with E-state index in [-0.39, 0.29) is 12.4 Å². The molecule has 0 unspecified atom stereocenters. The Morgan fingerprint density at radius 3 is 2.04 bits per heavy atom. The van der Waals surface area contributed by atoms with Gasteiger partial charge in [-0.3, -0.25) is 4.79 Å². The van der Waals surface area contributed by atoms with Crippen molar-refractivity contribution >= 4 is 5.91 Å². The maximum Gasteiger partial charge on any atom is 0.252 e. The molecule has 2 N–H and O–H groups in total. The second kappa shape index (κ2) is 14.5. The lowest BCUT2D eigenvalue weighted by Crippen LogP contribution is -3.00. The molecule has 0 radical (unpaired) electrons. The van der Waals surface area contributed by atoms with Gasteiger partial charge in [-0.1, -0.05) is 58.3 Å². The van der Waals surface area contributed by atoms with Crippen molar-refractivity contribution in [1.82, 2.24) is 0 Å². The third kappa shape index (κ3) is 11.1. The molecule has 1 aromatic heterocycles. The average molecular weight is 343 g/mol. The minimum absolute atomic E-state index is 0. The number of primary amides is 1. The monoisotopic (exact) mass is 342 g/mol. The summed E-state index contributed by atoms with van der Waals surface area (Å²) < 4.78 is 7.53. The van der Waals surface area contributed by atoms with E-state index in [1.54, 1.807) is 12.1 Å². The summed E-state index contributed by atoms with van der Waals surface area (Å²) in [5.74, 6) is -0.400. The number of nitrogens with two attached hydrogens (primary N) is 1. The summed E-state index contributed by atoms with van der Waals surface area (Å²) in [6.07, 6.45) is 15.5. The van der Waals surface area contributed by atoms with Gasteiger partial charge in [0.15, 0.2) is 12.4 Å². The van der Waals surface area contributed by atoms with Crippen molar-refractivity contribution in [3.05, 3.63) is 30.1 Å². The van der Waals surface area contributed by atoms with Gasteiger partial charge in [0.05, 0.1) is 12.2 Å². The molecular formula is C18H31ClN2O2. The first kappa shape index (κ1) is 21.9.